The van der Waals surface area contributed by atoms with E-state index in [1.165, 1.54) is 43.5 Å². The second-order valence-electron chi connectivity index (χ2n) is 6.91. The maximum absolute atomic E-state index is 5.98. The van der Waals surface area contributed by atoms with Crippen LogP contribution in [0, 0.1) is 17.3 Å². The highest BCUT2D eigenvalue weighted by Crippen LogP contribution is 2.65. The quantitative estimate of drug-likeness (QED) is 0.768. The van der Waals surface area contributed by atoms with Crippen LogP contribution in [0.3, 0.4) is 0 Å². The molecule has 4 aliphatic carbocycles. The molecule has 0 saturated heterocycles. The zero-order valence-corrected chi connectivity index (χ0v) is 11.7. The van der Waals surface area contributed by atoms with Crippen molar-refractivity contribution in [2.75, 3.05) is 0 Å². The molecule has 0 spiro atoms. The number of hydrogen-bond donors (Lipinski definition) is 0. The molecule has 4 fully saturated rings. The lowest BCUT2D eigenvalue weighted by Crippen LogP contribution is -2.52. The number of halogens is 1. The van der Waals surface area contributed by atoms with Crippen molar-refractivity contribution < 1.29 is 0 Å². The summed E-state index contributed by atoms with van der Waals surface area (Å²) in [6.45, 7) is 2.49. The van der Waals surface area contributed by atoms with Crippen molar-refractivity contribution in [2.24, 2.45) is 17.3 Å². The van der Waals surface area contributed by atoms with Crippen LogP contribution < -0.4 is 0 Å². The molecule has 2 atom stereocenters. The molecule has 4 saturated carbocycles. The van der Waals surface area contributed by atoms with Crippen molar-refractivity contribution in [3.63, 3.8) is 0 Å². The largest absolute Gasteiger partial charge is 0.207 e. The summed E-state index contributed by atoms with van der Waals surface area (Å²) >= 11 is 7.60. The normalized spacial score (nSPS) is 47.6. The van der Waals surface area contributed by atoms with Gasteiger partial charge in [-0.2, -0.15) is 0 Å². The highest BCUT2D eigenvalue weighted by Gasteiger charge is 2.57. The highest BCUT2D eigenvalue weighted by atomic mass is 35.5. The van der Waals surface area contributed by atoms with E-state index in [0.717, 1.165) is 11.8 Å². The Bertz CT molecular complexity index is 456. The molecule has 5 rings (SSSR count). The van der Waals surface area contributed by atoms with Gasteiger partial charge in [-0.05, 0) is 67.4 Å². The van der Waals surface area contributed by atoms with Gasteiger partial charge in [-0.3, -0.25) is 0 Å². The molecule has 0 amide bonds. The van der Waals surface area contributed by atoms with Crippen molar-refractivity contribution in [3.8, 4) is 0 Å². The van der Waals surface area contributed by atoms with Crippen molar-refractivity contribution in [1.29, 1.82) is 0 Å². The first-order valence-corrected chi connectivity index (χ1v) is 7.76. The summed E-state index contributed by atoms with van der Waals surface area (Å²) in [6.07, 6.45) is 8.34. The maximum Gasteiger partial charge on any atom is 0.207 e. The third kappa shape index (κ3) is 1.51. The maximum atomic E-state index is 5.98. The first-order chi connectivity index (χ1) is 8.07. The van der Waals surface area contributed by atoms with Crippen LogP contribution in [0.4, 0.5) is 0 Å². The zero-order chi connectivity index (χ0) is 11.7. The van der Waals surface area contributed by atoms with Crippen LogP contribution >= 0.6 is 22.9 Å². The summed E-state index contributed by atoms with van der Waals surface area (Å²) < 4.78 is 0.612. The van der Waals surface area contributed by atoms with Gasteiger partial charge < -0.3 is 0 Å². The molecule has 2 unspecified atom stereocenters. The molecule has 0 N–H and O–H groups in total. The molecule has 92 valence electrons. The van der Waals surface area contributed by atoms with Crippen LogP contribution in [0.25, 0.3) is 0 Å². The lowest BCUT2D eigenvalue weighted by atomic mass is 9.45. The van der Waals surface area contributed by atoms with Crippen molar-refractivity contribution in [1.82, 2.24) is 10.2 Å². The summed E-state index contributed by atoms with van der Waals surface area (Å²) in [7, 11) is 0. The summed E-state index contributed by atoms with van der Waals surface area (Å²) in [5, 5.41) is 9.63. The second-order valence-corrected chi connectivity index (χ2v) is 8.47. The van der Waals surface area contributed by atoms with Gasteiger partial charge in [0.05, 0.1) is 0 Å². The molecule has 0 aliphatic heterocycles. The fourth-order valence-electron chi connectivity index (χ4n) is 5.39. The third-order valence-electron chi connectivity index (χ3n) is 5.21. The van der Waals surface area contributed by atoms with E-state index >= 15 is 0 Å². The van der Waals surface area contributed by atoms with Gasteiger partial charge in [-0.15, -0.1) is 10.2 Å². The Labute approximate surface area is 111 Å². The van der Waals surface area contributed by atoms with Gasteiger partial charge in [0.15, 0.2) is 0 Å². The SMILES string of the molecule is CC12CC3CC(C1)CC(c1nnc(Cl)s1)(C3)C2. The average molecular weight is 269 g/mol. The van der Waals surface area contributed by atoms with Gasteiger partial charge in [0.1, 0.15) is 5.01 Å². The highest BCUT2D eigenvalue weighted by molar-refractivity contribution is 7.15. The molecular weight excluding hydrogens is 252 g/mol. The molecule has 1 aromatic heterocycles. The lowest BCUT2D eigenvalue weighted by molar-refractivity contribution is -0.0618. The van der Waals surface area contributed by atoms with Crippen LogP contribution in [0.2, 0.25) is 4.47 Å². The molecular formula is C13H17ClN2S. The van der Waals surface area contributed by atoms with Crippen molar-refractivity contribution in [2.45, 2.75) is 50.9 Å². The molecule has 4 aliphatic rings. The second kappa shape index (κ2) is 3.24. The van der Waals surface area contributed by atoms with E-state index in [4.69, 9.17) is 11.6 Å². The lowest BCUT2D eigenvalue weighted by Gasteiger charge is -2.60. The smallest absolute Gasteiger partial charge is 0.142 e. The minimum atomic E-state index is 0.337. The van der Waals surface area contributed by atoms with E-state index in [9.17, 15) is 0 Å². The summed E-state index contributed by atoms with van der Waals surface area (Å²) in [4.78, 5) is 0. The Hall–Kier alpha value is -0.150. The predicted molar refractivity (Wildman–Crippen MR) is 69.4 cm³/mol. The number of aromatic nitrogens is 2. The Morgan fingerprint density at radius 1 is 1.18 bits per heavy atom. The Balaban J connectivity index is 1.79. The molecule has 0 radical (unpaired) electrons. The topological polar surface area (TPSA) is 25.8 Å². The van der Waals surface area contributed by atoms with Gasteiger partial charge in [-0.1, -0.05) is 18.3 Å². The number of nitrogens with zero attached hydrogens (tertiary/aromatic N) is 2. The van der Waals surface area contributed by atoms with E-state index in [1.54, 1.807) is 11.3 Å². The van der Waals surface area contributed by atoms with E-state index in [1.807, 2.05) is 0 Å². The van der Waals surface area contributed by atoms with Crippen LogP contribution in [-0.4, -0.2) is 10.2 Å². The summed E-state index contributed by atoms with van der Waals surface area (Å²) in [6, 6.07) is 0. The molecule has 0 aromatic carbocycles. The molecule has 1 heterocycles. The van der Waals surface area contributed by atoms with Crippen LogP contribution in [0.1, 0.15) is 50.5 Å². The molecule has 2 nitrogen and oxygen atoms in total. The van der Waals surface area contributed by atoms with Crippen LogP contribution in [-0.2, 0) is 5.41 Å². The summed E-state index contributed by atoms with van der Waals surface area (Å²) in [5.41, 5.74) is 0.909. The Kier molecular flexibility index (Phi) is 2.05. The third-order valence-corrected chi connectivity index (χ3v) is 6.47. The average Bonchev–Trinajstić information content (AvgIpc) is 2.61. The van der Waals surface area contributed by atoms with E-state index < -0.39 is 0 Å². The Morgan fingerprint density at radius 3 is 2.41 bits per heavy atom. The fourth-order valence-corrected chi connectivity index (χ4v) is 6.43. The van der Waals surface area contributed by atoms with Crippen molar-refractivity contribution in [3.05, 3.63) is 9.47 Å². The van der Waals surface area contributed by atoms with E-state index in [-0.39, 0.29) is 0 Å². The molecule has 4 bridgehead atoms. The van der Waals surface area contributed by atoms with E-state index in [0.29, 0.717) is 15.3 Å². The van der Waals surface area contributed by atoms with Gasteiger partial charge in [0.2, 0.25) is 4.47 Å². The van der Waals surface area contributed by atoms with Crippen molar-refractivity contribution >= 4 is 22.9 Å². The van der Waals surface area contributed by atoms with Gasteiger partial charge in [0, 0.05) is 5.41 Å². The summed E-state index contributed by atoms with van der Waals surface area (Å²) in [5.74, 6) is 1.87. The predicted octanol–water partition coefficient (Wildman–Crippen LogP) is 4.05. The van der Waals surface area contributed by atoms with Crippen LogP contribution in [0.5, 0.6) is 0 Å². The monoisotopic (exact) mass is 268 g/mol. The van der Waals surface area contributed by atoms with Gasteiger partial charge in [-0.25, -0.2) is 0 Å². The molecule has 17 heavy (non-hydrogen) atoms. The number of rotatable bonds is 1. The Morgan fingerprint density at radius 2 is 1.88 bits per heavy atom. The standard InChI is InChI=1S/C13H17ClN2S/c1-12-3-8-2-9(4-12)6-13(5-8,7-12)10-15-16-11(14)17-10/h8-9H,2-7H2,1H3. The minimum absolute atomic E-state index is 0.337. The zero-order valence-electron chi connectivity index (χ0n) is 10.1. The first-order valence-electron chi connectivity index (χ1n) is 6.57. The van der Waals surface area contributed by atoms with E-state index in [2.05, 4.69) is 17.1 Å². The fraction of sp³-hybridized carbons (Fsp3) is 0.846. The van der Waals surface area contributed by atoms with Crippen LogP contribution in [0.15, 0.2) is 0 Å². The first kappa shape index (κ1) is 10.7. The van der Waals surface area contributed by atoms with Gasteiger partial charge >= 0.3 is 0 Å². The minimum Gasteiger partial charge on any atom is -0.142 e. The number of hydrogen-bond acceptors (Lipinski definition) is 3. The molecule has 4 heteroatoms. The van der Waals surface area contributed by atoms with Gasteiger partial charge in [0.25, 0.3) is 0 Å². The molecule has 1 aromatic rings.